The zero-order valence-electron chi connectivity index (χ0n) is 30.1. The fourth-order valence-corrected chi connectivity index (χ4v) is 9.12. The molecule has 2 heteroatoms. The van der Waals surface area contributed by atoms with Gasteiger partial charge in [0.1, 0.15) is 11.2 Å². The first-order valence-corrected chi connectivity index (χ1v) is 18.9. The van der Waals surface area contributed by atoms with Crippen LogP contribution < -0.4 is 4.90 Å². The van der Waals surface area contributed by atoms with Crippen LogP contribution in [0.3, 0.4) is 0 Å². The summed E-state index contributed by atoms with van der Waals surface area (Å²) < 4.78 is 6.33. The monoisotopic (exact) mass is 701 g/mol. The lowest BCUT2D eigenvalue weighted by atomic mass is 9.67. The van der Waals surface area contributed by atoms with Crippen LogP contribution in [0, 0.1) is 0 Å². The Balaban J connectivity index is 1.07. The normalized spacial score (nSPS) is 12.9. The summed E-state index contributed by atoms with van der Waals surface area (Å²) in [4.78, 5) is 2.30. The Bertz CT molecular complexity index is 2980. The molecule has 1 aliphatic carbocycles. The van der Waals surface area contributed by atoms with Crippen molar-refractivity contribution in [1.82, 2.24) is 0 Å². The van der Waals surface area contributed by atoms with Gasteiger partial charge in [0.2, 0.25) is 0 Å². The molecule has 55 heavy (non-hydrogen) atoms. The first-order valence-electron chi connectivity index (χ1n) is 18.9. The van der Waals surface area contributed by atoms with Crippen LogP contribution in [0.15, 0.2) is 217 Å². The van der Waals surface area contributed by atoms with Gasteiger partial charge in [0, 0.05) is 33.9 Å². The average Bonchev–Trinajstić information content (AvgIpc) is 3.78. The van der Waals surface area contributed by atoms with E-state index in [1.807, 2.05) is 12.1 Å². The van der Waals surface area contributed by atoms with Gasteiger partial charge in [0.05, 0.1) is 5.41 Å². The first-order chi connectivity index (χ1) is 27.3. The molecule has 0 spiro atoms. The van der Waals surface area contributed by atoms with Gasteiger partial charge in [-0.15, -0.1) is 0 Å². The van der Waals surface area contributed by atoms with Gasteiger partial charge in [-0.3, -0.25) is 0 Å². The highest BCUT2D eigenvalue weighted by atomic mass is 16.3. The second kappa shape index (κ2) is 12.5. The molecule has 0 atom stereocenters. The minimum absolute atomic E-state index is 0.480. The minimum Gasteiger partial charge on any atom is -0.456 e. The van der Waals surface area contributed by atoms with Gasteiger partial charge in [-0.2, -0.15) is 0 Å². The molecule has 1 aromatic heterocycles. The molecule has 0 amide bonds. The van der Waals surface area contributed by atoms with Crippen molar-refractivity contribution in [3.8, 4) is 22.3 Å². The van der Waals surface area contributed by atoms with Crippen molar-refractivity contribution >= 4 is 49.8 Å². The number of nitrogens with zero attached hydrogens (tertiary/aromatic N) is 1. The van der Waals surface area contributed by atoms with E-state index in [4.69, 9.17) is 4.42 Å². The predicted molar refractivity (Wildman–Crippen MR) is 229 cm³/mol. The summed E-state index contributed by atoms with van der Waals surface area (Å²) in [5.41, 5.74) is 14.6. The number of hydrogen-bond acceptors (Lipinski definition) is 2. The first kappa shape index (κ1) is 31.4. The number of rotatable bonds is 6. The topological polar surface area (TPSA) is 16.4 Å². The lowest BCUT2D eigenvalue weighted by molar-refractivity contribution is 0.669. The van der Waals surface area contributed by atoms with Crippen LogP contribution in [0.25, 0.3) is 55.0 Å². The Morgan fingerprint density at radius 3 is 1.69 bits per heavy atom. The Morgan fingerprint density at radius 2 is 0.945 bits per heavy atom. The molecule has 2 nitrogen and oxygen atoms in total. The van der Waals surface area contributed by atoms with E-state index in [1.54, 1.807) is 0 Å². The zero-order valence-corrected chi connectivity index (χ0v) is 30.1. The highest BCUT2D eigenvalue weighted by Gasteiger charge is 2.46. The molecule has 258 valence electrons. The van der Waals surface area contributed by atoms with Gasteiger partial charge in [-0.25, -0.2) is 0 Å². The Morgan fingerprint density at radius 1 is 0.364 bits per heavy atom. The van der Waals surface area contributed by atoms with Gasteiger partial charge in [0.15, 0.2) is 0 Å². The molecule has 1 heterocycles. The summed E-state index contributed by atoms with van der Waals surface area (Å²) in [7, 11) is 0. The van der Waals surface area contributed by atoms with Crippen LogP contribution in [0.1, 0.15) is 22.3 Å². The maximum atomic E-state index is 6.33. The summed E-state index contributed by atoms with van der Waals surface area (Å²) in [5, 5.41) is 4.80. The van der Waals surface area contributed by atoms with Crippen molar-refractivity contribution in [1.29, 1.82) is 0 Å². The molecule has 1 aliphatic rings. The lowest BCUT2D eigenvalue weighted by Crippen LogP contribution is -2.28. The minimum atomic E-state index is -0.480. The van der Waals surface area contributed by atoms with Gasteiger partial charge < -0.3 is 9.32 Å². The molecule has 0 saturated heterocycles. The van der Waals surface area contributed by atoms with Gasteiger partial charge >= 0.3 is 0 Å². The smallest absolute Gasteiger partial charge is 0.137 e. The van der Waals surface area contributed by atoms with E-state index in [1.165, 1.54) is 55.3 Å². The molecule has 11 rings (SSSR count). The summed E-state index contributed by atoms with van der Waals surface area (Å²) in [6.07, 6.45) is 0. The third-order valence-corrected chi connectivity index (χ3v) is 11.5. The molecule has 9 aromatic carbocycles. The van der Waals surface area contributed by atoms with Crippen molar-refractivity contribution in [2.45, 2.75) is 5.41 Å². The molecule has 10 aromatic rings. The van der Waals surface area contributed by atoms with Crippen LogP contribution in [0.2, 0.25) is 0 Å². The van der Waals surface area contributed by atoms with Gasteiger partial charge in [-0.05, 0) is 104 Å². The van der Waals surface area contributed by atoms with Gasteiger partial charge in [-0.1, -0.05) is 158 Å². The van der Waals surface area contributed by atoms with Crippen LogP contribution in [-0.4, -0.2) is 0 Å². The summed E-state index contributed by atoms with van der Waals surface area (Å²) >= 11 is 0. The molecule has 0 aliphatic heterocycles. The predicted octanol–water partition coefficient (Wildman–Crippen LogP) is 14.2. The molecule has 0 fully saturated rings. The fraction of sp³-hybridized carbons (Fsp3) is 0.0189. The molecular formula is C53H35NO. The Labute approximate surface area is 320 Å². The SMILES string of the molecule is c1ccc(N(c2ccc(-c3ccc4c(c3)C(c3ccccc3)(c3ccccc3)c3ccc5ccccc5c3-4)cc2)c2ccc3c(c2)oc2ccccc23)cc1. The van der Waals surface area contributed by atoms with Crippen LogP contribution >= 0.6 is 0 Å². The highest BCUT2D eigenvalue weighted by molar-refractivity contribution is 6.06. The van der Waals surface area contributed by atoms with E-state index >= 15 is 0 Å². The van der Waals surface area contributed by atoms with Crippen molar-refractivity contribution in [3.05, 3.63) is 235 Å². The summed E-state index contributed by atoms with van der Waals surface area (Å²) in [6, 6.07) is 77.0. The van der Waals surface area contributed by atoms with E-state index < -0.39 is 5.41 Å². The third-order valence-electron chi connectivity index (χ3n) is 11.5. The van der Waals surface area contributed by atoms with Crippen molar-refractivity contribution < 1.29 is 4.42 Å². The number of furan rings is 1. The number of para-hydroxylation sites is 2. The van der Waals surface area contributed by atoms with Crippen molar-refractivity contribution in [2.75, 3.05) is 4.90 Å². The highest BCUT2D eigenvalue weighted by Crippen LogP contribution is 2.58. The quantitative estimate of drug-likeness (QED) is 0.172. The second-order valence-corrected chi connectivity index (χ2v) is 14.4. The maximum absolute atomic E-state index is 6.33. The number of fused-ring (bicyclic) bond motifs is 8. The van der Waals surface area contributed by atoms with E-state index in [0.717, 1.165) is 39.0 Å². The maximum Gasteiger partial charge on any atom is 0.137 e. The van der Waals surface area contributed by atoms with E-state index in [0.29, 0.717) is 0 Å². The van der Waals surface area contributed by atoms with Crippen LogP contribution in [0.4, 0.5) is 17.1 Å². The van der Waals surface area contributed by atoms with Crippen molar-refractivity contribution in [3.63, 3.8) is 0 Å². The second-order valence-electron chi connectivity index (χ2n) is 14.4. The standard InChI is InChI=1S/C53H35NO/c1-4-15-39(16-5-1)53(40-17-6-2-7-18-40)48-33-27-37-14-10-11-21-44(37)52(48)47-31-26-38(34-49(47)53)36-24-28-42(29-25-36)54(41-19-8-3-9-20-41)43-30-32-46-45-22-12-13-23-50(45)55-51(46)35-43/h1-35H. The molecule has 0 N–H and O–H groups in total. The fourth-order valence-electron chi connectivity index (χ4n) is 9.12. The summed E-state index contributed by atoms with van der Waals surface area (Å²) in [5.74, 6) is 0. The summed E-state index contributed by atoms with van der Waals surface area (Å²) in [6.45, 7) is 0. The van der Waals surface area contributed by atoms with Gasteiger partial charge in [0.25, 0.3) is 0 Å². The number of anilines is 3. The Kier molecular flexibility index (Phi) is 7.11. The van der Waals surface area contributed by atoms with Crippen molar-refractivity contribution in [2.24, 2.45) is 0 Å². The lowest BCUT2D eigenvalue weighted by Gasteiger charge is -2.34. The molecule has 0 saturated carbocycles. The van der Waals surface area contributed by atoms with Crippen LogP contribution in [-0.2, 0) is 5.41 Å². The average molecular weight is 702 g/mol. The molecule has 0 unspecified atom stereocenters. The van der Waals surface area contributed by atoms with E-state index in [9.17, 15) is 0 Å². The number of benzene rings is 9. The van der Waals surface area contributed by atoms with Crippen LogP contribution in [0.5, 0.6) is 0 Å². The largest absolute Gasteiger partial charge is 0.456 e. The molecule has 0 bridgehead atoms. The van der Waals surface area contributed by atoms with E-state index in [-0.39, 0.29) is 0 Å². The Hall–Kier alpha value is -7.16. The third kappa shape index (κ3) is 4.82. The molecular weight excluding hydrogens is 667 g/mol. The zero-order chi connectivity index (χ0) is 36.3. The number of hydrogen-bond donors (Lipinski definition) is 0. The molecule has 0 radical (unpaired) electrons. The van der Waals surface area contributed by atoms with E-state index in [2.05, 4.69) is 205 Å².